The predicted molar refractivity (Wildman–Crippen MR) is 299 cm³/mol. The van der Waals surface area contributed by atoms with Gasteiger partial charge in [-0.25, -0.2) is 8.42 Å². The molecule has 0 saturated carbocycles. The molecule has 0 aliphatic carbocycles. The highest BCUT2D eigenvalue weighted by atomic mass is 32.2. The van der Waals surface area contributed by atoms with E-state index >= 15 is 0 Å². The number of aliphatic imine (C=N–C) groups is 1. The van der Waals surface area contributed by atoms with Crippen molar-refractivity contribution >= 4 is 26.1 Å². The van der Waals surface area contributed by atoms with Crippen molar-refractivity contribution in [2.45, 2.75) is 297 Å². The summed E-state index contributed by atoms with van der Waals surface area (Å²) >= 11 is 0. The Morgan fingerprint density at radius 3 is 1.30 bits per heavy atom. The van der Waals surface area contributed by atoms with Crippen LogP contribution in [0.5, 0.6) is 0 Å². The summed E-state index contributed by atoms with van der Waals surface area (Å²) in [7, 11) is -7.58. The molecule has 69 heavy (non-hydrogen) atoms. The zero-order valence-corrected chi connectivity index (χ0v) is 47.0. The molecule has 10 nitrogen and oxygen atoms in total. The van der Waals surface area contributed by atoms with Gasteiger partial charge in [0.15, 0.2) is 0 Å². The molecule has 0 amide bonds. The molecule has 3 fully saturated rings. The molecule has 0 aromatic heterocycles. The van der Waals surface area contributed by atoms with E-state index in [1.54, 1.807) is 0 Å². The predicted octanol–water partition coefficient (Wildman–Crippen LogP) is 15.9. The molecule has 3 saturated heterocycles. The molecule has 0 spiro atoms. The first-order chi connectivity index (χ1) is 32.8. The second-order valence-electron chi connectivity index (χ2n) is 21.4. The van der Waals surface area contributed by atoms with Crippen LogP contribution in [0.1, 0.15) is 291 Å². The van der Waals surface area contributed by atoms with Crippen LogP contribution in [0.15, 0.2) is 4.99 Å². The number of rotatable bonds is 34. The fourth-order valence-electron chi connectivity index (χ4n) is 11.0. The van der Waals surface area contributed by atoms with E-state index < -0.39 is 20.2 Å². The van der Waals surface area contributed by atoms with Crippen molar-refractivity contribution in [3.63, 3.8) is 0 Å². The number of unbranched alkanes of at least 4 members (excludes halogenated alkanes) is 30. The summed E-state index contributed by atoms with van der Waals surface area (Å²) in [6.07, 6.45) is 63.0. The van der Waals surface area contributed by atoms with Crippen molar-refractivity contribution in [2.24, 2.45) is 16.8 Å². The van der Waals surface area contributed by atoms with Gasteiger partial charge in [0.05, 0.1) is 22.5 Å². The fourth-order valence-corrected chi connectivity index (χ4v) is 11.0. The summed E-state index contributed by atoms with van der Waals surface area (Å²) in [6.45, 7) is 12.2. The minimum Gasteiger partial charge on any atom is -0.748 e. The summed E-state index contributed by atoms with van der Waals surface area (Å²) in [6, 6.07) is 0. The number of nitrogens with one attached hydrogen (secondary N) is 1. The summed E-state index contributed by atoms with van der Waals surface area (Å²) < 4.78 is 53.1. The molecule has 3 unspecified atom stereocenters. The maximum atomic E-state index is 9.19. The van der Waals surface area contributed by atoms with Crippen molar-refractivity contribution in [1.29, 1.82) is 0 Å². The summed E-state index contributed by atoms with van der Waals surface area (Å²) in [5.74, 6) is 3.20. The first kappa shape index (κ1) is 68.2. The van der Waals surface area contributed by atoms with Gasteiger partial charge in [-0.1, -0.05) is 240 Å². The second-order valence-corrected chi connectivity index (χ2v) is 24.3. The lowest BCUT2D eigenvalue weighted by Crippen LogP contribution is -2.54. The van der Waals surface area contributed by atoms with Crippen LogP contribution in [0.4, 0.5) is 0 Å². The summed E-state index contributed by atoms with van der Waals surface area (Å²) in [5, 5.41) is 3.84. The minimum atomic E-state index is -3.92. The lowest BCUT2D eigenvalue weighted by atomic mass is 9.92. The highest BCUT2D eigenvalue weighted by Crippen LogP contribution is 2.29. The molecule has 12 heteroatoms. The van der Waals surface area contributed by atoms with E-state index in [4.69, 9.17) is 22.5 Å². The van der Waals surface area contributed by atoms with E-state index in [9.17, 15) is 8.42 Å². The molecule has 0 bridgehead atoms. The van der Waals surface area contributed by atoms with Crippen molar-refractivity contribution in [3.8, 4) is 0 Å². The van der Waals surface area contributed by atoms with Crippen LogP contribution in [0.25, 0.3) is 0 Å². The molecule has 3 atom stereocenters. The van der Waals surface area contributed by atoms with Gasteiger partial charge >= 0.3 is 0 Å². The van der Waals surface area contributed by atoms with Gasteiger partial charge in [-0.05, 0) is 70.4 Å². The average molecular weight is 1020 g/mol. The molecule has 4 aliphatic rings. The zero-order chi connectivity index (χ0) is 49.8. The first-order valence-corrected chi connectivity index (χ1v) is 33.1. The smallest absolute Gasteiger partial charge is 0.261 e. The molecular weight excluding hydrogens is 901 g/mol. The van der Waals surface area contributed by atoms with Gasteiger partial charge in [0.2, 0.25) is 0 Å². The molecule has 0 aromatic carbocycles. The number of nitrogens with zero attached hydrogens (tertiary/aromatic N) is 3. The number of amidine groups is 1. The largest absolute Gasteiger partial charge is 0.748 e. The van der Waals surface area contributed by atoms with Gasteiger partial charge < -0.3 is 14.8 Å². The van der Waals surface area contributed by atoms with Crippen molar-refractivity contribution < 1.29 is 25.9 Å². The molecular formula is C57H117N4O6S2-. The Labute approximate surface area is 430 Å². The van der Waals surface area contributed by atoms with Crippen molar-refractivity contribution in [1.82, 2.24) is 15.1 Å². The lowest BCUT2D eigenvalue weighted by molar-refractivity contribution is 0.0886. The van der Waals surface area contributed by atoms with Gasteiger partial charge in [-0.3, -0.25) is 14.4 Å². The quantitative estimate of drug-likeness (QED) is 0.0476. The van der Waals surface area contributed by atoms with Gasteiger partial charge in [-0.2, -0.15) is 8.42 Å². The van der Waals surface area contributed by atoms with E-state index in [-0.39, 0.29) is 7.43 Å². The minimum absolute atomic E-state index is 0. The number of hydrogen-bond donors (Lipinski definition) is 2. The van der Waals surface area contributed by atoms with Crippen LogP contribution in [0.2, 0.25) is 0 Å². The normalized spacial score (nSPS) is 19.7. The van der Waals surface area contributed by atoms with Gasteiger partial charge in [0.25, 0.3) is 10.1 Å². The Bertz CT molecular complexity index is 1320. The van der Waals surface area contributed by atoms with E-state index in [0.29, 0.717) is 18.7 Å². The highest BCUT2D eigenvalue weighted by molar-refractivity contribution is 7.85. The first-order valence-electron chi connectivity index (χ1n) is 29.4. The maximum Gasteiger partial charge on any atom is 0.261 e. The van der Waals surface area contributed by atoms with Crippen LogP contribution in [-0.2, 0) is 20.2 Å². The van der Waals surface area contributed by atoms with E-state index in [2.05, 4.69) is 29.0 Å². The third-order valence-corrected chi connectivity index (χ3v) is 14.7. The number of hydrogen-bond acceptors (Lipinski definition) is 9. The standard InChI is InChI=1S/C27H54N2.C27H52N2.2CH4O3S.CH4/c2*1-2-3-4-5-6-7-8-9-10-11-12-13-14-15-16-17-21-26-22-18-19-24-29-25-20-23-28-27(26)29;2*1-5(2,3)4;/h26-28H,2-25H2,1H3;26H,2-25H2,1H3;2*1H3,(H,2,3,4);1H4/p-1. The summed E-state index contributed by atoms with van der Waals surface area (Å²) in [5.41, 5.74) is 0. The van der Waals surface area contributed by atoms with E-state index in [1.165, 1.54) is 308 Å². The van der Waals surface area contributed by atoms with Crippen LogP contribution in [0, 0.1) is 11.8 Å². The Balaban J connectivity index is 0.00000110. The molecule has 4 aliphatic heterocycles. The second kappa shape index (κ2) is 47.0. The Morgan fingerprint density at radius 1 is 0.522 bits per heavy atom. The topological polar surface area (TPSA) is 142 Å². The lowest BCUT2D eigenvalue weighted by Gasteiger charge is -2.39. The highest BCUT2D eigenvalue weighted by Gasteiger charge is 2.31. The average Bonchev–Trinajstić information content (AvgIpc) is 3.64. The molecule has 0 radical (unpaired) electrons. The number of fused-ring (bicyclic) bond motifs is 2. The summed E-state index contributed by atoms with van der Waals surface area (Å²) in [4.78, 5) is 10.3. The van der Waals surface area contributed by atoms with E-state index in [0.717, 1.165) is 18.4 Å². The zero-order valence-electron chi connectivity index (χ0n) is 45.3. The van der Waals surface area contributed by atoms with Gasteiger partial charge in [0.1, 0.15) is 5.84 Å². The van der Waals surface area contributed by atoms with Gasteiger partial charge in [0, 0.05) is 38.4 Å². The fraction of sp³-hybridized carbons (Fsp3) is 0.982. The molecule has 4 heterocycles. The molecule has 0 aromatic rings. The van der Waals surface area contributed by atoms with Crippen molar-refractivity contribution in [3.05, 3.63) is 0 Å². The molecule has 2 N–H and O–H groups in total. The van der Waals surface area contributed by atoms with Crippen LogP contribution in [-0.4, -0.2) is 99.5 Å². The monoisotopic (exact) mass is 1020 g/mol. The van der Waals surface area contributed by atoms with Crippen LogP contribution < -0.4 is 5.32 Å². The Kier molecular flexibility index (Phi) is 46.4. The SMILES string of the molecule is C.CCCCCCCCCCCCCCCCCCC1CCCCN2CCCN=C12.CCCCCCCCCCCCCCCCCCC1CCCCN2CCCNC12.CS(=O)(=O)O.CS(=O)(=O)[O-]. The van der Waals surface area contributed by atoms with Crippen molar-refractivity contribution in [2.75, 3.05) is 51.8 Å². The van der Waals surface area contributed by atoms with Crippen LogP contribution in [0.3, 0.4) is 0 Å². The third kappa shape index (κ3) is 45.6. The Morgan fingerprint density at radius 2 is 0.870 bits per heavy atom. The Hall–Kier alpha value is -0.790. The van der Waals surface area contributed by atoms with E-state index in [1.807, 2.05) is 0 Å². The maximum absolute atomic E-state index is 9.19. The molecule has 4 rings (SSSR count). The molecule has 414 valence electrons. The van der Waals surface area contributed by atoms with Gasteiger partial charge in [-0.15, -0.1) is 0 Å². The third-order valence-electron chi connectivity index (χ3n) is 14.7. The van der Waals surface area contributed by atoms with Crippen LogP contribution >= 0.6 is 0 Å².